The van der Waals surface area contributed by atoms with Gasteiger partial charge in [0.25, 0.3) is 5.91 Å². The summed E-state index contributed by atoms with van der Waals surface area (Å²) in [6.07, 6.45) is 2.61. The number of carbonyl (C=O) groups excluding carboxylic acids is 1. The van der Waals surface area contributed by atoms with Crippen LogP contribution >= 0.6 is 28.3 Å². The van der Waals surface area contributed by atoms with Crippen LogP contribution in [0.2, 0.25) is 0 Å². The average Bonchev–Trinajstić information content (AvgIpc) is 3.08. The van der Waals surface area contributed by atoms with Crippen LogP contribution in [-0.4, -0.2) is 34.8 Å². The zero-order chi connectivity index (χ0) is 14.8. The van der Waals surface area contributed by atoms with Crippen molar-refractivity contribution in [3.63, 3.8) is 0 Å². The zero-order valence-electron chi connectivity index (χ0n) is 12.2. The van der Waals surface area contributed by atoms with Crippen molar-refractivity contribution in [3.05, 3.63) is 46.2 Å². The van der Waals surface area contributed by atoms with E-state index in [1.165, 1.54) is 0 Å². The number of nitrogens with one attached hydrogen (secondary N) is 2. The summed E-state index contributed by atoms with van der Waals surface area (Å²) >= 11 is 3.45. The minimum atomic E-state index is -0.0533. The van der Waals surface area contributed by atoms with E-state index in [1.54, 1.807) is 10.9 Å². The summed E-state index contributed by atoms with van der Waals surface area (Å²) in [5, 5.41) is 10.6. The smallest absolute Gasteiger partial charge is 0.255 e. The summed E-state index contributed by atoms with van der Waals surface area (Å²) < 4.78 is 2.77. The Kier molecular flexibility index (Phi) is 5.61. The average molecular weight is 386 g/mol. The Morgan fingerprint density at radius 2 is 2.32 bits per heavy atom. The fraction of sp³-hybridized carbons (Fsp3) is 0.333. The lowest BCUT2D eigenvalue weighted by molar-refractivity contribution is 0.0939. The highest BCUT2D eigenvalue weighted by molar-refractivity contribution is 9.10. The lowest BCUT2D eigenvalue weighted by Crippen LogP contribution is -2.36. The number of rotatable bonds is 3. The molecule has 0 aliphatic carbocycles. The van der Waals surface area contributed by atoms with Gasteiger partial charge in [0.05, 0.1) is 23.1 Å². The van der Waals surface area contributed by atoms with Crippen molar-refractivity contribution in [1.82, 2.24) is 20.4 Å². The first-order valence-electron chi connectivity index (χ1n) is 6.97. The summed E-state index contributed by atoms with van der Waals surface area (Å²) in [4.78, 5) is 12.3. The fourth-order valence-corrected chi connectivity index (χ4v) is 2.93. The van der Waals surface area contributed by atoms with Gasteiger partial charge in [-0.15, -0.1) is 12.4 Å². The molecule has 1 aliphatic heterocycles. The van der Waals surface area contributed by atoms with Gasteiger partial charge < -0.3 is 10.6 Å². The number of aromatic nitrogens is 2. The topological polar surface area (TPSA) is 59.0 Å². The summed E-state index contributed by atoms with van der Waals surface area (Å²) in [6, 6.07) is 8.06. The molecule has 0 radical (unpaired) electrons. The van der Waals surface area contributed by atoms with Crippen molar-refractivity contribution in [2.45, 2.75) is 19.4 Å². The molecule has 22 heavy (non-hydrogen) atoms. The molecule has 1 unspecified atom stereocenters. The van der Waals surface area contributed by atoms with Crippen molar-refractivity contribution in [3.8, 4) is 5.69 Å². The van der Waals surface area contributed by atoms with Gasteiger partial charge in [-0.1, -0.05) is 22.0 Å². The van der Waals surface area contributed by atoms with Crippen LogP contribution in [0.25, 0.3) is 5.69 Å². The summed E-state index contributed by atoms with van der Waals surface area (Å²) in [7, 11) is 0. The van der Waals surface area contributed by atoms with Gasteiger partial charge in [0.2, 0.25) is 0 Å². The number of amides is 1. The molecular weight excluding hydrogens is 368 g/mol. The molecule has 3 rings (SSSR count). The summed E-state index contributed by atoms with van der Waals surface area (Å²) in [5.74, 6) is -0.0533. The van der Waals surface area contributed by atoms with Gasteiger partial charge in [-0.25, -0.2) is 4.68 Å². The molecule has 1 fully saturated rings. The summed E-state index contributed by atoms with van der Waals surface area (Å²) in [6.45, 7) is 3.71. The van der Waals surface area contributed by atoms with E-state index < -0.39 is 0 Å². The molecule has 2 heterocycles. The first-order valence-corrected chi connectivity index (χ1v) is 7.76. The normalized spacial score (nSPS) is 17.1. The quantitative estimate of drug-likeness (QED) is 0.853. The van der Waals surface area contributed by atoms with Crippen LogP contribution in [-0.2, 0) is 0 Å². The van der Waals surface area contributed by atoms with Gasteiger partial charge in [0.1, 0.15) is 0 Å². The molecule has 2 aromatic rings. The highest BCUT2D eigenvalue weighted by atomic mass is 79.9. The number of benzene rings is 1. The Morgan fingerprint density at radius 1 is 1.50 bits per heavy atom. The molecule has 2 N–H and O–H groups in total. The number of nitrogens with zero attached hydrogens (tertiary/aromatic N) is 2. The van der Waals surface area contributed by atoms with Gasteiger partial charge in [-0.2, -0.15) is 5.10 Å². The predicted molar refractivity (Wildman–Crippen MR) is 92.0 cm³/mol. The Labute approximate surface area is 144 Å². The molecule has 1 aromatic heterocycles. The molecule has 0 spiro atoms. The number of carbonyl (C=O) groups is 1. The van der Waals surface area contributed by atoms with Gasteiger partial charge >= 0.3 is 0 Å². The van der Waals surface area contributed by atoms with Crippen molar-refractivity contribution < 1.29 is 4.79 Å². The monoisotopic (exact) mass is 384 g/mol. The van der Waals surface area contributed by atoms with Gasteiger partial charge in [0, 0.05) is 17.1 Å². The van der Waals surface area contributed by atoms with Gasteiger partial charge in [-0.3, -0.25) is 4.79 Å². The lowest BCUT2D eigenvalue weighted by Gasteiger charge is -2.11. The van der Waals surface area contributed by atoms with E-state index in [-0.39, 0.29) is 24.4 Å². The zero-order valence-corrected chi connectivity index (χ0v) is 14.6. The second-order valence-corrected chi connectivity index (χ2v) is 6.11. The largest absolute Gasteiger partial charge is 0.348 e. The third-order valence-electron chi connectivity index (χ3n) is 3.70. The molecule has 1 aliphatic rings. The molecule has 1 amide bonds. The third kappa shape index (κ3) is 3.51. The van der Waals surface area contributed by atoms with Crippen LogP contribution in [0.5, 0.6) is 0 Å². The molecule has 0 bridgehead atoms. The first-order chi connectivity index (χ1) is 10.1. The van der Waals surface area contributed by atoms with Crippen molar-refractivity contribution >= 4 is 34.2 Å². The number of hydrogen-bond donors (Lipinski definition) is 2. The summed E-state index contributed by atoms with van der Waals surface area (Å²) in [5.41, 5.74) is 2.40. The van der Waals surface area contributed by atoms with E-state index in [0.717, 1.165) is 35.4 Å². The van der Waals surface area contributed by atoms with E-state index in [4.69, 9.17) is 0 Å². The van der Waals surface area contributed by atoms with E-state index in [1.807, 2.05) is 31.2 Å². The van der Waals surface area contributed by atoms with E-state index in [2.05, 4.69) is 31.7 Å². The van der Waals surface area contributed by atoms with Crippen LogP contribution in [0.3, 0.4) is 0 Å². The second-order valence-electron chi connectivity index (χ2n) is 5.20. The SMILES string of the molecule is Cc1c(C(=O)NC2CCNC2)cnn1-c1cccc(Br)c1.Cl. The van der Waals surface area contributed by atoms with E-state index >= 15 is 0 Å². The Bertz CT molecular complexity index is 667. The first kappa shape index (κ1) is 17.0. The highest BCUT2D eigenvalue weighted by Crippen LogP contribution is 2.18. The maximum Gasteiger partial charge on any atom is 0.255 e. The van der Waals surface area contributed by atoms with Crippen LogP contribution in [0.1, 0.15) is 22.5 Å². The molecular formula is C15H18BrClN4O. The van der Waals surface area contributed by atoms with Gasteiger partial charge in [0.15, 0.2) is 0 Å². The Balaban J connectivity index is 0.00000176. The number of halogens is 2. The molecule has 1 saturated heterocycles. The minimum Gasteiger partial charge on any atom is -0.348 e. The fourth-order valence-electron chi connectivity index (χ4n) is 2.54. The van der Waals surface area contributed by atoms with Crippen molar-refractivity contribution in [2.24, 2.45) is 0 Å². The van der Waals surface area contributed by atoms with E-state index in [0.29, 0.717) is 5.56 Å². The molecule has 0 saturated carbocycles. The maximum atomic E-state index is 12.3. The molecule has 1 aromatic carbocycles. The molecule has 118 valence electrons. The van der Waals surface area contributed by atoms with Crippen molar-refractivity contribution in [2.75, 3.05) is 13.1 Å². The standard InChI is InChI=1S/C15H17BrN4O.ClH/c1-10-14(15(21)19-12-5-6-17-8-12)9-18-20(10)13-4-2-3-11(16)7-13;/h2-4,7,9,12,17H,5-6,8H2,1H3,(H,19,21);1H. The second kappa shape index (κ2) is 7.26. The molecule has 1 atom stereocenters. The highest BCUT2D eigenvalue weighted by Gasteiger charge is 2.20. The van der Waals surface area contributed by atoms with E-state index in [9.17, 15) is 4.79 Å². The Hall–Kier alpha value is -1.37. The third-order valence-corrected chi connectivity index (χ3v) is 4.20. The van der Waals surface area contributed by atoms with Crippen LogP contribution in [0, 0.1) is 6.92 Å². The van der Waals surface area contributed by atoms with Crippen molar-refractivity contribution in [1.29, 1.82) is 0 Å². The van der Waals surface area contributed by atoms with Gasteiger partial charge in [-0.05, 0) is 38.1 Å². The number of hydrogen-bond acceptors (Lipinski definition) is 3. The lowest BCUT2D eigenvalue weighted by atomic mass is 10.2. The maximum absolute atomic E-state index is 12.3. The predicted octanol–water partition coefficient (Wildman–Crippen LogP) is 2.46. The van der Waals surface area contributed by atoms with Crippen LogP contribution in [0.4, 0.5) is 0 Å². The van der Waals surface area contributed by atoms with Crippen LogP contribution in [0.15, 0.2) is 34.9 Å². The molecule has 7 heteroatoms. The minimum absolute atomic E-state index is 0. The molecule has 5 nitrogen and oxygen atoms in total. The Morgan fingerprint density at radius 3 is 3.00 bits per heavy atom. The van der Waals surface area contributed by atoms with Crippen LogP contribution < -0.4 is 10.6 Å².